The molecule has 5 nitrogen and oxygen atoms in total. The molecule has 208 valence electrons. The van der Waals surface area contributed by atoms with Crippen LogP contribution in [0, 0.1) is 0 Å². The third kappa shape index (κ3) is 8.15. The summed E-state index contributed by atoms with van der Waals surface area (Å²) in [6, 6.07) is 30.5. The summed E-state index contributed by atoms with van der Waals surface area (Å²) >= 11 is 0. The van der Waals surface area contributed by atoms with Crippen molar-refractivity contribution >= 4 is 24.8 Å². The second-order valence-corrected chi connectivity index (χ2v) is 16.2. The third-order valence-electron chi connectivity index (χ3n) is 6.67. The van der Waals surface area contributed by atoms with Crippen LogP contribution in [-0.4, -0.2) is 38.7 Å². The zero-order chi connectivity index (χ0) is 28.5. The lowest BCUT2D eigenvalue weighted by Crippen LogP contribution is -2.68. The SMILES string of the molecule is C=C[C@H](NCc1ccccc1)[C@H](CO[Si](c1ccccc1)(c1ccccc1)C(C)(C)C)NC(=O)OC(C)(C)C. The van der Waals surface area contributed by atoms with Crippen LogP contribution in [0.4, 0.5) is 4.79 Å². The van der Waals surface area contributed by atoms with Gasteiger partial charge >= 0.3 is 6.09 Å². The van der Waals surface area contributed by atoms with Crippen molar-refractivity contribution in [3.8, 4) is 0 Å². The predicted molar refractivity (Wildman–Crippen MR) is 164 cm³/mol. The van der Waals surface area contributed by atoms with Gasteiger partial charge in [0.05, 0.1) is 12.6 Å². The average Bonchev–Trinajstić information content (AvgIpc) is 2.89. The van der Waals surface area contributed by atoms with E-state index < -0.39 is 26.1 Å². The highest BCUT2D eigenvalue weighted by Gasteiger charge is 2.50. The maximum Gasteiger partial charge on any atom is 0.408 e. The lowest BCUT2D eigenvalue weighted by molar-refractivity contribution is 0.0476. The van der Waals surface area contributed by atoms with E-state index >= 15 is 0 Å². The van der Waals surface area contributed by atoms with Gasteiger partial charge in [0, 0.05) is 12.6 Å². The number of carbonyl (C=O) groups excluding carboxylic acids is 1. The molecule has 0 saturated heterocycles. The fourth-order valence-corrected chi connectivity index (χ4v) is 9.48. The first-order valence-electron chi connectivity index (χ1n) is 13.6. The Balaban J connectivity index is 1.98. The minimum atomic E-state index is -2.81. The summed E-state index contributed by atoms with van der Waals surface area (Å²) in [5, 5.41) is 8.83. The second-order valence-electron chi connectivity index (χ2n) is 11.9. The fraction of sp³-hybridized carbons (Fsp3) is 0.364. The molecule has 3 aromatic carbocycles. The number of benzene rings is 3. The molecule has 1 amide bonds. The maximum absolute atomic E-state index is 13.0. The van der Waals surface area contributed by atoms with Crippen LogP contribution in [0.5, 0.6) is 0 Å². The van der Waals surface area contributed by atoms with Crippen molar-refractivity contribution in [3.63, 3.8) is 0 Å². The molecule has 3 aromatic rings. The minimum Gasteiger partial charge on any atom is -0.444 e. The summed E-state index contributed by atoms with van der Waals surface area (Å²) in [4.78, 5) is 13.0. The third-order valence-corrected chi connectivity index (χ3v) is 11.7. The summed E-state index contributed by atoms with van der Waals surface area (Å²) in [7, 11) is -2.81. The van der Waals surface area contributed by atoms with Crippen LogP contribution in [0.3, 0.4) is 0 Å². The van der Waals surface area contributed by atoms with Gasteiger partial charge < -0.3 is 19.8 Å². The highest BCUT2D eigenvalue weighted by atomic mass is 28.4. The molecule has 0 aromatic heterocycles. The van der Waals surface area contributed by atoms with Crippen molar-refractivity contribution in [1.82, 2.24) is 10.6 Å². The summed E-state index contributed by atoms with van der Waals surface area (Å²) in [6.45, 7) is 17.3. The molecule has 0 aliphatic rings. The van der Waals surface area contributed by atoms with E-state index in [2.05, 4.69) is 98.6 Å². The Hall–Kier alpha value is -3.19. The molecule has 0 bridgehead atoms. The molecule has 0 radical (unpaired) electrons. The summed E-state index contributed by atoms with van der Waals surface area (Å²) in [5.74, 6) is 0. The number of carbonyl (C=O) groups is 1. The van der Waals surface area contributed by atoms with Gasteiger partial charge in [-0.15, -0.1) is 6.58 Å². The van der Waals surface area contributed by atoms with Gasteiger partial charge in [0.15, 0.2) is 0 Å². The molecular formula is C33H44N2O3Si. The summed E-state index contributed by atoms with van der Waals surface area (Å²) in [6.07, 6.45) is 1.35. The Morgan fingerprint density at radius 1 is 0.846 bits per heavy atom. The first kappa shape index (κ1) is 30.3. The molecule has 0 spiro atoms. The molecule has 0 aliphatic carbocycles. The van der Waals surface area contributed by atoms with E-state index in [0.717, 1.165) is 5.56 Å². The van der Waals surface area contributed by atoms with Crippen molar-refractivity contribution in [2.45, 2.75) is 70.8 Å². The number of rotatable bonds is 11. The quantitative estimate of drug-likeness (QED) is 0.237. The van der Waals surface area contributed by atoms with Crippen LogP contribution in [0.15, 0.2) is 104 Å². The normalized spacial score (nSPS) is 13.8. The molecule has 0 aliphatic heterocycles. The van der Waals surface area contributed by atoms with Crippen LogP contribution in [-0.2, 0) is 15.7 Å². The number of nitrogens with one attached hydrogen (secondary N) is 2. The lowest BCUT2D eigenvalue weighted by atomic mass is 10.1. The highest BCUT2D eigenvalue weighted by Crippen LogP contribution is 2.37. The summed E-state index contributed by atoms with van der Waals surface area (Å²) in [5.41, 5.74) is 0.530. The Morgan fingerprint density at radius 2 is 1.33 bits per heavy atom. The predicted octanol–water partition coefficient (Wildman–Crippen LogP) is 5.80. The van der Waals surface area contributed by atoms with Crippen LogP contribution in [0.1, 0.15) is 47.1 Å². The van der Waals surface area contributed by atoms with Crippen molar-refractivity contribution in [2.75, 3.05) is 6.61 Å². The Morgan fingerprint density at radius 3 is 1.77 bits per heavy atom. The van der Waals surface area contributed by atoms with E-state index in [9.17, 15) is 4.79 Å². The largest absolute Gasteiger partial charge is 0.444 e. The standard InChI is InChI=1S/C33H44N2O3Si/c1-8-29(34-24-26-18-12-9-13-19-26)30(35-31(36)38-32(2,3)4)25-37-39(33(5,6)7,27-20-14-10-15-21-27)28-22-16-11-17-23-28/h8-23,29-30,34H,1,24-25H2,2-7H3,(H,35,36)/t29-,30-/m0/s1. The van der Waals surface area contributed by atoms with Crippen LogP contribution >= 0.6 is 0 Å². The van der Waals surface area contributed by atoms with Gasteiger partial charge in [0.1, 0.15) is 5.60 Å². The molecule has 2 atom stereocenters. The molecule has 0 saturated carbocycles. The van der Waals surface area contributed by atoms with Crippen LogP contribution in [0.2, 0.25) is 5.04 Å². The van der Waals surface area contributed by atoms with Gasteiger partial charge in [-0.1, -0.05) is 118 Å². The Labute approximate surface area is 235 Å². The van der Waals surface area contributed by atoms with Gasteiger partial charge in [0.2, 0.25) is 0 Å². The van der Waals surface area contributed by atoms with Gasteiger partial charge in [-0.2, -0.15) is 0 Å². The molecule has 6 heteroatoms. The number of hydrogen-bond acceptors (Lipinski definition) is 4. The van der Waals surface area contributed by atoms with E-state index in [1.807, 2.05) is 57.2 Å². The topological polar surface area (TPSA) is 59.6 Å². The fourth-order valence-electron chi connectivity index (χ4n) is 4.89. The Bertz CT molecular complexity index is 1130. The van der Waals surface area contributed by atoms with Gasteiger partial charge in [-0.3, -0.25) is 0 Å². The molecule has 2 N–H and O–H groups in total. The first-order chi connectivity index (χ1) is 18.5. The highest BCUT2D eigenvalue weighted by molar-refractivity contribution is 6.99. The molecule has 0 heterocycles. The zero-order valence-corrected chi connectivity index (χ0v) is 25.2. The monoisotopic (exact) mass is 544 g/mol. The van der Waals surface area contributed by atoms with Crippen molar-refractivity contribution < 1.29 is 14.0 Å². The zero-order valence-electron chi connectivity index (χ0n) is 24.2. The van der Waals surface area contributed by atoms with Crippen LogP contribution < -0.4 is 21.0 Å². The van der Waals surface area contributed by atoms with Crippen molar-refractivity contribution in [2.24, 2.45) is 0 Å². The molecule has 39 heavy (non-hydrogen) atoms. The van der Waals surface area contributed by atoms with Gasteiger partial charge in [-0.25, -0.2) is 4.79 Å². The Kier molecular flexibility index (Phi) is 10.3. The van der Waals surface area contributed by atoms with E-state index in [-0.39, 0.29) is 17.7 Å². The first-order valence-corrected chi connectivity index (χ1v) is 15.5. The average molecular weight is 545 g/mol. The van der Waals surface area contributed by atoms with Gasteiger partial charge in [0.25, 0.3) is 8.32 Å². The smallest absolute Gasteiger partial charge is 0.408 e. The van der Waals surface area contributed by atoms with E-state index in [1.54, 1.807) is 0 Å². The number of hydrogen-bond donors (Lipinski definition) is 2. The molecular weight excluding hydrogens is 500 g/mol. The number of ether oxygens (including phenoxy) is 1. The lowest BCUT2D eigenvalue weighted by Gasteiger charge is -2.44. The van der Waals surface area contributed by atoms with E-state index in [0.29, 0.717) is 6.54 Å². The van der Waals surface area contributed by atoms with Crippen LogP contribution in [0.25, 0.3) is 0 Å². The molecule has 0 unspecified atom stereocenters. The van der Waals surface area contributed by atoms with E-state index in [1.165, 1.54) is 10.4 Å². The van der Waals surface area contributed by atoms with Gasteiger partial charge in [-0.05, 0) is 41.7 Å². The molecule has 0 fully saturated rings. The minimum absolute atomic E-state index is 0.187. The summed E-state index contributed by atoms with van der Waals surface area (Å²) < 4.78 is 12.8. The number of alkyl carbamates (subject to hydrolysis) is 1. The second kappa shape index (κ2) is 13.2. The maximum atomic E-state index is 13.0. The van der Waals surface area contributed by atoms with Crippen molar-refractivity contribution in [3.05, 3.63) is 109 Å². The number of amides is 1. The van der Waals surface area contributed by atoms with E-state index in [4.69, 9.17) is 9.16 Å². The molecule has 3 rings (SSSR count). The van der Waals surface area contributed by atoms with Crippen molar-refractivity contribution in [1.29, 1.82) is 0 Å².